The van der Waals surface area contributed by atoms with Gasteiger partial charge in [0.2, 0.25) is 0 Å². The van der Waals surface area contributed by atoms with Gasteiger partial charge in [0, 0.05) is 58.9 Å². The largest absolute Gasteiger partial charge is 0.379 e. The number of hydrogen-bond acceptors (Lipinski definition) is 5. The summed E-state index contributed by atoms with van der Waals surface area (Å²) in [6.45, 7) is 16.5. The molecule has 1 atom stereocenters. The molecule has 3 rings (SSSR count). The van der Waals surface area contributed by atoms with Crippen molar-refractivity contribution in [2.45, 2.75) is 19.9 Å². The zero-order valence-electron chi connectivity index (χ0n) is 19.6. The molecule has 1 aromatic rings. The molecule has 0 amide bonds. The van der Waals surface area contributed by atoms with Gasteiger partial charge in [0.25, 0.3) is 0 Å². The molecule has 2 saturated heterocycles. The highest BCUT2D eigenvalue weighted by Crippen LogP contribution is 2.22. The van der Waals surface area contributed by atoms with Gasteiger partial charge in [0.1, 0.15) is 5.82 Å². The molecular formula is C23H40FIN6O. The minimum absolute atomic E-state index is 0. The number of aliphatic imine (C=N–C) groups is 1. The van der Waals surface area contributed by atoms with Crippen LogP contribution in [0.4, 0.5) is 4.39 Å². The van der Waals surface area contributed by atoms with E-state index in [-0.39, 0.29) is 35.8 Å². The minimum Gasteiger partial charge on any atom is -0.379 e. The maximum atomic E-state index is 13.5. The van der Waals surface area contributed by atoms with E-state index in [2.05, 4.69) is 39.2 Å². The number of morpholine rings is 1. The lowest BCUT2D eigenvalue weighted by Gasteiger charge is -2.34. The lowest BCUT2D eigenvalue weighted by molar-refractivity contribution is 0.0179. The van der Waals surface area contributed by atoms with Gasteiger partial charge in [0.15, 0.2) is 5.96 Å². The van der Waals surface area contributed by atoms with Gasteiger partial charge in [-0.15, -0.1) is 24.0 Å². The second-order valence-corrected chi connectivity index (χ2v) is 8.14. The van der Waals surface area contributed by atoms with Gasteiger partial charge in [-0.25, -0.2) is 4.39 Å². The number of guanidine groups is 1. The Morgan fingerprint density at radius 1 is 1.00 bits per heavy atom. The number of benzene rings is 1. The summed E-state index contributed by atoms with van der Waals surface area (Å²) in [5, 5.41) is 6.86. The molecule has 32 heavy (non-hydrogen) atoms. The van der Waals surface area contributed by atoms with E-state index in [0.29, 0.717) is 6.54 Å². The van der Waals surface area contributed by atoms with Crippen molar-refractivity contribution < 1.29 is 9.13 Å². The number of hydrogen-bond donors (Lipinski definition) is 2. The Balaban J connectivity index is 0.00000363. The third-order valence-electron chi connectivity index (χ3n) is 6.14. The fourth-order valence-electron chi connectivity index (χ4n) is 4.19. The van der Waals surface area contributed by atoms with Gasteiger partial charge in [0.05, 0.1) is 25.8 Å². The Morgan fingerprint density at radius 3 is 2.28 bits per heavy atom. The molecule has 2 N–H and O–H groups in total. The van der Waals surface area contributed by atoms with Crippen molar-refractivity contribution in [1.82, 2.24) is 25.3 Å². The van der Waals surface area contributed by atoms with Gasteiger partial charge in [-0.1, -0.05) is 19.1 Å². The maximum absolute atomic E-state index is 13.5. The first kappa shape index (κ1) is 27.2. The van der Waals surface area contributed by atoms with Crippen LogP contribution in [0.2, 0.25) is 0 Å². The van der Waals surface area contributed by atoms with E-state index in [4.69, 9.17) is 9.73 Å². The SMILES string of the molecule is CCNC(=NCC(c1ccc(F)cc1)N1CCOCC1)NCCN1CCN(CC)CC1.I. The molecule has 9 heteroatoms. The third-order valence-corrected chi connectivity index (χ3v) is 6.14. The van der Waals surface area contributed by atoms with Crippen molar-refractivity contribution in [3.05, 3.63) is 35.6 Å². The molecule has 2 fully saturated rings. The van der Waals surface area contributed by atoms with Crippen LogP contribution in [0.1, 0.15) is 25.5 Å². The average molecular weight is 563 g/mol. The quantitative estimate of drug-likeness (QED) is 0.273. The summed E-state index contributed by atoms with van der Waals surface area (Å²) >= 11 is 0. The molecule has 2 aliphatic heterocycles. The van der Waals surface area contributed by atoms with Gasteiger partial charge in [-0.05, 0) is 31.2 Å². The summed E-state index contributed by atoms with van der Waals surface area (Å²) in [6, 6.07) is 6.94. The number of rotatable bonds is 9. The van der Waals surface area contributed by atoms with Gasteiger partial charge >= 0.3 is 0 Å². The van der Waals surface area contributed by atoms with Gasteiger partial charge in [-0.2, -0.15) is 0 Å². The van der Waals surface area contributed by atoms with E-state index < -0.39 is 0 Å². The summed E-state index contributed by atoms with van der Waals surface area (Å²) < 4.78 is 19.0. The van der Waals surface area contributed by atoms with Crippen molar-refractivity contribution in [2.75, 3.05) is 85.2 Å². The average Bonchev–Trinajstić information content (AvgIpc) is 2.81. The maximum Gasteiger partial charge on any atom is 0.191 e. The third kappa shape index (κ3) is 8.74. The first-order valence-corrected chi connectivity index (χ1v) is 11.7. The molecule has 2 heterocycles. The summed E-state index contributed by atoms with van der Waals surface area (Å²) in [5.41, 5.74) is 1.09. The van der Waals surface area contributed by atoms with Crippen molar-refractivity contribution in [3.8, 4) is 0 Å². The number of nitrogens with zero attached hydrogens (tertiary/aromatic N) is 4. The predicted molar refractivity (Wildman–Crippen MR) is 139 cm³/mol. The number of halogens is 2. The number of likely N-dealkylation sites (N-methyl/N-ethyl adjacent to an activating group) is 1. The zero-order chi connectivity index (χ0) is 21.9. The van der Waals surface area contributed by atoms with Crippen LogP contribution in [0.3, 0.4) is 0 Å². The molecule has 0 saturated carbocycles. The molecule has 0 bridgehead atoms. The van der Waals surface area contributed by atoms with Crippen LogP contribution in [-0.4, -0.2) is 106 Å². The smallest absolute Gasteiger partial charge is 0.191 e. The van der Waals surface area contributed by atoms with Crippen LogP contribution in [0.25, 0.3) is 0 Å². The standard InChI is InChI=1S/C23H39FN6O.HI/c1-3-25-23(26-9-10-29-13-11-28(4-2)12-14-29)27-19-22(30-15-17-31-18-16-30)20-5-7-21(24)8-6-20;/h5-8,22H,3-4,9-19H2,1-2H3,(H2,25,26,27);1H. The Kier molecular flexibility index (Phi) is 12.8. The molecule has 1 aromatic carbocycles. The molecule has 1 unspecified atom stereocenters. The topological polar surface area (TPSA) is 55.4 Å². The lowest BCUT2D eigenvalue weighted by Crippen LogP contribution is -2.49. The fraction of sp³-hybridized carbons (Fsp3) is 0.696. The summed E-state index contributed by atoms with van der Waals surface area (Å²) in [5.74, 6) is 0.637. The zero-order valence-corrected chi connectivity index (χ0v) is 21.9. The van der Waals surface area contributed by atoms with Crippen LogP contribution < -0.4 is 10.6 Å². The molecule has 0 radical (unpaired) electrons. The van der Waals surface area contributed by atoms with E-state index in [0.717, 1.165) is 90.2 Å². The summed E-state index contributed by atoms with van der Waals surface area (Å²) in [7, 11) is 0. The van der Waals surface area contributed by atoms with Crippen LogP contribution >= 0.6 is 24.0 Å². The van der Waals surface area contributed by atoms with Crippen LogP contribution in [0.5, 0.6) is 0 Å². The number of nitrogens with one attached hydrogen (secondary N) is 2. The molecule has 0 aromatic heterocycles. The van der Waals surface area contributed by atoms with Crippen molar-refractivity contribution in [3.63, 3.8) is 0 Å². The molecular weight excluding hydrogens is 522 g/mol. The summed E-state index contributed by atoms with van der Waals surface area (Å²) in [4.78, 5) is 12.3. The minimum atomic E-state index is -0.206. The molecule has 0 aliphatic carbocycles. The van der Waals surface area contributed by atoms with Crippen molar-refractivity contribution in [2.24, 2.45) is 4.99 Å². The monoisotopic (exact) mass is 562 g/mol. The second kappa shape index (κ2) is 15.0. The van der Waals surface area contributed by atoms with E-state index in [1.54, 1.807) is 0 Å². The Hall–Kier alpha value is -1.01. The van der Waals surface area contributed by atoms with Gasteiger partial charge in [-0.3, -0.25) is 14.8 Å². The van der Waals surface area contributed by atoms with Crippen LogP contribution in [0.15, 0.2) is 29.3 Å². The van der Waals surface area contributed by atoms with Gasteiger partial charge < -0.3 is 20.3 Å². The Labute approximate surface area is 209 Å². The van der Waals surface area contributed by atoms with Crippen molar-refractivity contribution >= 4 is 29.9 Å². The Bertz CT molecular complexity index is 663. The van der Waals surface area contributed by atoms with Crippen LogP contribution in [0, 0.1) is 5.82 Å². The van der Waals surface area contributed by atoms with Crippen molar-refractivity contribution in [1.29, 1.82) is 0 Å². The Morgan fingerprint density at radius 2 is 1.66 bits per heavy atom. The molecule has 7 nitrogen and oxygen atoms in total. The molecule has 0 spiro atoms. The number of piperazine rings is 1. The lowest BCUT2D eigenvalue weighted by atomic mass is 10.0. The van der Waals surface area contributed by atoms with Crippen LogP contribution in [-0.2, 0) is 4.74 Å². The predicted octanol–water partition coefficient (Wildman–Crippen LogP) is 2.01. The highest BCUT2D eigenvalue weighted by Gasteiger charge is 2.23. The second-order valence-electron chi connectivity index (χ2n) is 8.14. The highest BCUT2D eigenvalue weighted by atomic mass is 127. The first-order valence-electron chi connectivity index (χ1n) is 11.7. The fourth-order valence-corrected chi connectivity index (χ4v) is 4.19. The molecule has 182 valence electrons. The summed E-state index contributed by atoms with van der Waals surface area (Å²) in [6.07, 6.45) is 0. The normalized spacial score (nSPS) is 19.9. The van der Waals surface area contributed by atoms with E-state index in [9.17, 15) is 4.39 Å². The highest BCUT2D eigenvalue weighted by molar-refractivity contribution is 14.0. The van der Waals surface area contributed by atoms with E-state index in [1.165, 1.54) is 12.1 Å². The first-order chi connectivity index (χ1) is 15.2. The van der Waals surface area contributed by atoms with E-state index >= 15 is 0 Å². The van der Waals surface area contributed by atoms with E-state index in [1.807, 2.05) is 12.1 Å². The number of ether oxygens (including phenoxy) is 1. The molecule has 2 aliphatic rings.